The Kier molecular flexibility index (Phi) is 1.94. The number of hydrogen-bond acceptors (Lipinski definition) is 0. The van der Waals surface area contributed by atoms with E-state index in [9.17, 15) is 26.3 Å². The zero-order valence-electron chi connectivity index (χ0n) is 5.22. The normalized spacial score (nSPS) is 30.1. The molecule has 0 aromatic heterocycles. The van der Waals surface area contributed by atoms with Crippen molar-refractivity contribution in [3.8, 4) is 0 Å². The summed E-state index contributed by atoms with van der Waals surface area (Å²) in [5.41, 5.74) is 0. The van der Waals surface area contributed by atoms with Gasteiger partial charge in [0.25, 0.3) is 0 Å². The Hall–Kier alpha value is 0.0500. The van der Waals surface area contributed by atoms with E-state index in [1.807, 2.05) is 0 Å². The van der Waals surface area contributed by atoms with E-state index in [2.05, 4.69) is 0 Å². The molecule has 0 saturated heterocycles. The van der Waals surface area contributed by atoms with Crippen molar-refractivity contribution in [3.05, 3.63) is 9.66 Å². The van der Waals surface area contributed by atoms with Gasteiger partial charge in [-0.2, -0.15) is 26.3 Å². The molecular weight excluding hydrogens is 301 g/mol. The number of hydrogen-bond donors (Lipinski definition) is 0. The summed E-state index contributed by atoms with van der Waals surface area (Å²) in [7, 11) is 0. The highest BCUT2D eigenvalue weighted by molar-refractivity contribution is 14.1. The molecule has 0 atom stereocenters. The van der Waals surface area contributed by atoms with Crippen LogP contribution in [0.5, 0.6) is 0 Å². The van der Waals surface area contributed by atoms with Gasteiger partial charge in [0.1, 0.15) is 0 Å². The second-order valence-electron chi connectivity index (χ2n) is 2.26. The van der Waals surface area contributed by atoms with Crippen LogP contribution in [0.4, 0.5) is 26.3 Å². The fraction of sp³-hybridized carbons (Fsp3) is 0.600. The van der Waals surface area contributed by atoms with Gasteiger partial charge < -0.3 is 0 Å². The highest BCUT2D eigenvalue weighted by Crippen LogP contribution is 2.57. The van der Waals surface area contributed by atoms with E-state index in [4.69, 9.17) is 0 Å². The molecule has 12 heavy (non-hydrogen) atoms. The molecule has 0 aliphatic heterocycles. The van der Waals surface area contributed by atoms with Gasteiger partial charge >= 0.3 is 17.8 Å². The summed E-state index contributed by atoms with van der Waals surface area (Å²) >= 11 is 0.776. The summed E-state index contributed by atoms with van der Waals surface area (Å²) < 4.78 is 72.0. The lowest BCUT2D eigenvalue weighted by Crippen LogP contribution is -2.47. The van der Waals surface area contributed by atoms with Gasteiger partial charge in [0, 0.05) is 6.08 Å². The van der Waals surface area contributed by atoms with Gasteiger partial charge in [0.2, 0.25) is 0 Å². The Morgan fingerprint density at radius 2 is 1.42 bits per heavy atom. The molecule has 0 bridgehead atoms. The molecule has 0 amide bonds. The van der Waals surface area contributed by atoms with E-state index in [0.717, 1.165) is 22.6 Å². The number of halogens is 7. The van der Waals surface area contributed by atoms with Gasteiger partial charge in [-0.3, -0.25) is 0 Å². The molecule has 0 N–H and O–H groups in total. The first-order valence-corrected chi connectivity index (χ1v) is 3.73. The van der Waals surface area contributed by atoms with E-state index in [0.29, 0.717) is 0 Å². The lowest BCUT2D eigenvalue weighted by atomic mass is 10.2. The van der Waals surface area contributed by atoms with Gasteiger partial charge in [-0.15, -0.1) is 0 Å². The third kappa shape index (κ3) is 0.975. The first-order valence-electron chi connectivity index (χ1n) is 2.65. The molecule has 0 unspecified atom stereocenters. The second kappa shape index (κ2) is 2.30. The number of allylic oxidation sites excluding steroid dienone is 2. The van der Waals surface area contributed by atoms with E-state index in [-0.39, 0.29) is 0 Å². The van der Waals surface area contributed by atoms with Crippen molar-refractivity contribution in [2.45, 2.75) is 17.8 Å². The lowest BCUT2D eigenvalue weighted by molar-refractivity contribution is -0.260. The monoisotopic (exact) mass is 302 g/mol. The van der Waals surface area contributed by atoms with Crippen molar-refractivity contribution in [1.29, 1.82) is 0 Å². The summed E-state index contributed by atoms with van der Waals surface area (Å²) in [6.45, 7) is 0. The Bertz CT molecular complexity index is 242. The maximum absolute atomic E-state index is 12.3. The summed E-state index contributed by atoms with van der Waals surface area (Å²) in [6, 6.07) is 0. The largest absolute Gasteiger partial charge is 0.380 e. The third-order valence-corrected chi connectivity index (χ3v) is 2.41. The minimum Gasteiger partial charge on any atom is -0.195 e. The minimum absolute atomic E-state index is 0.409. The summed E-state index contributed by atoms with van der Waals surface area (Å²) in [5.74, 6) is -14.8. The quantitative estimate of drug-likeness (QED) is 0.476. The molecular formula is C5HF6I. The predicted octanol–water partition coefficient (Wildman–Crippen LogP) is 3.22. The summed E-state index contributed by atoms with van der Waals surface area (Å²) in [6.07, 6.45) is -0.409. The van der Waals surface area contributed by atoms with Crippen LogP contribution >= 0.6 is 22.6 Å². The van der Waals surface area contributed by atoms with Crippen LogP contribution in [0.1, 0.15) is 0 Å². The maximum Gasteiger partial charge on any atom is 0.380 e. The smallest absolute Gasteiger partial charge is 0.195 e. The van der Waals surface area contributed by atoms with Crippen LogP contribution in [-0.4, -0.2) is 17.8 Å². The molecule has 0 aromatic rings. The first-order chi connectivity index (χ1) is 5.13. The van der Waals surface area contributed by atoms with Crippen LogP contribution in [0.15, 0.2) is 9.66 Å². The van der Waals surface area contributed by atoms with Gasteiger partial charge in [0.05, 0.1) is 3.58 Å². The number of alkyl halides is 6. The molecule has 0 spiro atoms. The summed E-state index contributed by atoms with van der Waals surface area (Å²) in [4.78, 5) is 0. The molecule has 1 aliphatic carbocycles. The molecule has 7 heteroatoms. The zero-order valence-corrected chi connectivity index (χ0v) is 7.38. The van der Waals surface area contributed by atoms with Crippen molar-refractivity contribution in [2.75, 3.05) is 0 Å². The molecule has 0 nitrogen and oxygen atoms in total. The summed E-state index contributed by atoms with van der Waals surface area (Å²) in [5, 5.41) is 0. The van der Waals surface area contributed by atoms with Crippen molar-refractivity contribution < 1.29 is 26.3 Å². The fourth-order valence-corrected chi connectivity index (χ4v) is 1.43. The Balaban J connectivity index is 3.22. The van der Waals surface area contributed by atoms with Gasteiger partial charge in [-0.1, -0.05) is 0 Å². The molecule has 1 aliphatic rings. The van der Waals surface area contributed by atoms with E-state index < -0.39 is 27.4 Å². The van der Waals surface area contributed by atoms with Crippen LogP contribution < -0.4 is 0 Å². The fourth-order valence-electron chi connectivity index (χ4n) is 0.700. The second-order valence-corrected chi connectivity index (χ2v) is 3.43. The Morgan fingerprint density at radius 3 is 1.50 bits per heavy atom. The molecule has 0 radical (unpaired) electrons. The molecule has 0 aromatic carbocycles. The number of rotatable bonds is 0. The van der Waals surface area contributed by atoms with E-state index in [1.54, 1.807) is 0 Å². The van der Waals surface area contributed by atoms with Crippen molar-refractivity contribution in [2.24, 2.45) is 0 Å². The molecule has 0 saturated carbocycles. The highest BCUT2D eigenvalue weighted by atomic mass is 127. The minimum atomic E-state index is -5.31. The highest BCUT2D eigenvalue weighted by Gasteiger charge is 2.76. The molecule has 70 valence electrons. The van der Waals surface area contributed by atoms with Crippen molar-refractivity contribution in [3.63, 3.8) is 0 Å². The zero-order chi connectivity index (χ0) is 9.78. The van der Waals surface area contributed by atoms with Gasteiger partial charge in [-0.25, -0.2) is 0 Å². The van der Waals surface area contributed by atoms with Gasteiger partial charge in [-0.05, 0) is 22.6 Å². The van der Waals surface area contributed by atoms with E-state index >= 15 is 0 Å². The topological polar surface area (TPSA) is 0 Å². The molecule has 0 heterocycles. The van der Waals surface area contributed by atoms with Crippen LogP contribution in [0.25, 0.3) is 0 Å². The van der Waals surface area contributed by atoms with Crippen molar-refractivity contribution >= 4 is 22.6 Å². The average Bonchev–Trinajstić information content (AvgIpc) is 1.92. The lowest BCUT2D eigenvalue weighted by Gasteiger charge is -2.23. The predicted molar refractivity (Wildman–Crippen MR) is 36.9 cm³/mol. The van der Waals surface area contributed by atoms with Crippen molar-refractivity contribution in [1.82, 2.24) is 0 Å². The van der Waals surface area contributed by atoms with Gasteiger partial charge in [0.15, 0.2) is 0 Å². The Labute approximate surface area is 76.8 Å². The Morgan fingerprint density at radius 1 is 1.00 bits per heavy atom. The average molecular weight is 302 g/mol. The van der Waals surface area contributed by atoms with E-state index in [1.165, 1.54) is 0 Å². The third-order valence-electron chi connectivity index (χ3n) is 1.42. The van der Waals surface area contributed by atoms with Crippen LogP contribution in [-0.2, 0) is 0 Å². The molecule has 0 fully saturated rings. The first kappa shape index (κ1) is 10.1. The van der Waals surface area contributed by atoms with Crippen LogP contribution in [0.3, 0.4) is 0 Å². The van der Waals surface area contributed by atoms with Crippen LogP contribution in [0.2, 0.25) is 0 Å². The molecule has 1 rings (SSSR count). The maximum atomic E-state index is 12.3. The van der Waals surface area contributed by atoms with Crippen LogP contribution in [0, 0.1) is 0 Å². The standard InChI is InChI=1S/C5HF6I/c6-3(7)1-2(12)4(8,9)5(3,10)11/h1H. The SMILES string of the molecule is FC1(F)C=C(I)C(F)(F)C1(F)F.